The van der Waals surface area contributed by atoms with Crippen molar-refractivity contribution in [1.29, 1.82) is 0 Å². The Balaban J connectivity index is 1.82. The lowest BCUT2D eigenvalue weighted by atomic mass is 10.2. The van der Waals surface area contributed by atoms with Gasteiger partial charge in [-0.1, -0.05) is 15.9 Å². The summed E-state index contributed by atoms with van der Waals surface area (Å²) in [4.78, 5) is 0. The molecule has 0 aromatic rings. The van der Waals surface area contributed by atoms with Crippen molar-refractivity contribution in [2.75, 3.05) is 31.8 Å². The van der Waals surface area contributed by atoms with Crippen LogP contribution < -0.4 is 0 Å². The summed E-state index contributed by atoms with van der Waals surface area (Å²) >= 11 is 3.35. The molecule has 1 aliphatic rings. The minimum absolute atomic E-state index is 0.0172. The van der Waals surface area contributed by atoms with Gasteiger partial charge in [-0.15, -0.1) is 0 Å². The van der Waals surface area contributed by atoms with Gasteiger partial charge in [-0.05, 0) is 25.7 Å². The van der Waals surface area contributed by atoms with E-state index in [1.807, 2.05) is 0 Å². The molecule has 84 valence electrons. The molecule has 1 unspecified atom stereocenters. The van der Waals surface area contributed by atoms with Gasteiger partial charge in [0, 0.05) is 18.5 Å². The van der Waals surface area contributed by atoms with Gasteiger partial charge in [-0.2, -0.15) is 0 Å². The van der Waals surface area contributed by atoms with Gasteiger partial charge < -0.3 is 14.2 Å². The molecule has 1 atom stereocenters. The van der Waals surface area contributed by atoms with Crippen molar-refractivity contribution in [3.05, 3.63) is 0 Å². The zero-order valence-corrected chi connectivity index (χ0v) is 10.1. The molecular weight excluding hydrogens is 248 g/mol. The van der Waals surface area contributed by atoms with Crippen LogP contribution in [0.15, 0.2) is 0 Å². The Morgan fingerprint density at radius 2 is 2.14 bits per heavy atom. The second-order valence-electron chi connectivity index (χ2n) is 3.32. The maximum atomic E-state index is 5.50. The molecule has 3 nitrogen and oxygen atoms in total. The number of halogens is 1. The van der Waals surface area contributed by atoms with Crippen molar-refractivity contribution >= 4 is 15.9 Å². The third-order valence-electron chi connectivity index (χ3n) is 2.09. The van der Waals surface area contributed by atoms with Crippen molar-refractivity contribution in [1.82, 2.24) is 0 Å². The highest BCUT2D eigenvalue weighted by molar-refractivity contribution is 9.09. The number of alkyl halides is 1. The topological polar surface area (TPSA) is 27.7 Å². The Bertz CT molecular complexity index is 127. The van der Waals surface area contributed by atoms with Crippen LogP contribution >= 0.6 is 15.9 Å². The molecule has 1 aliphatic heterocycles. The smallest absolute Gasteiger partial charge is 0.157 e. The van der Waals surface area contributed by atoms with E-state index < -0.39 is 0 Å². The molecule has 0 aromatic carbocycles. The fourth-order valence-electron chi connectivity index (χ4n) is 1.34. The monoisotopic (exact) mass is 266 g/mol. The highest BCUT2D eigenvalue weighted by atomic mass is 79.9. The molecule has 0 aromatic heterocycles. The third-order valence-corrected chi connectivity index (χ3v) is 2.65. The summed E-state index contributed by atoms with van der Waals surface area (Å²) in [5, 5.41) is 1.000. The van der Waals surface area contributed by atoms with E-state index in [-0.39, 0.29) is 6.29 Å². The van der Waals surface area contributed by atoms with E-state index in [1.165, 1.54) is 12.8 Å². The maximum Gasteiger partial charge on any atom is 0.157 e. The van der Waals surface area contributed by atoms with Crippen molar-refractivity contribution < 1.29 is 14.2 Å². The van der Waals surface area contributed by atoms with Crippen LogP contribution in [0.25, 0.3) is 0 Å². The highest BCUT2D eigenvalue weighted by Gasteiger charge is 2.13. The van der Waals surface area contributed by atoms with E-state index in [4.69, 9.17) is 14.2 Å². The van der Waals surface area contributed by atoms with Crippen LogP contribution in [0.4, 0.5) is 0 Å². The van der Waals surface area contributed by atoms with Crippen LogP contribution in [0, 0.1) is 0 Å². The Labute approximate surface area is 94.2 Å². The number of hydrogen-bond acceptors (Lipinski definition) is 3. The summed E-state index contributed by atoms with van der Waals surface area (Å²) in [7, 11) is 0. The van der Waals surface area contributed by atoms with Crippen molar-refractivity contribution in [3.8, 4) is 0 Å². The maximum absolute atomic E-state index is 5.50. The zero-order chi connectivity index (χ0) is 10.1. The van der Waals surface area contributed by atoms with Gasteiger partial charge in [-0.25, -0.2) is 0 Å². The van der Waals surface area contributed by atoms with Crippen molar-refractivity contribution in [2.45, 2.75) is 32.0 Å². The summed E-state index contributed by atoms with van der Waals surface area (Å²) < 4.78 is 16.3. The zero-order valence-electron chi connectivity index (χ0n) is 8.54. The van der Waals surface area contributed by atoms with E-state index in [1.54, 1.807) is 0 Å². The lowest BCUT2D eigenvalue weighted by molar-refractivity contribution is -0.169. The fourth-order valence-corrected chi connectivity index (χ4v) is 1.57. The SMILES string of the molecule is BrCCCOCCOC1CCCCO1. The van der Waals surface area contributed by atoms with Crippen LogP contribution in [0.2, 0.25) is 0 Å². The summed E-state index contributed by atoms with van der Waals surface area (Å²) in [6.45, 7) is 2.97. The van der Waals surface area contributed by atoms with Gasteiger partial charge in [0.25, 0.3) is 0 Å². The van der Waals surface area contributed by atoms with Crippen LogP contribution in [-0.2, 0) is 14.2 Å². The molecule has 0 aliphatic carbocycles. The molecule has 0 saturated carbocycles. The van der Waals surface area contributed by atoms with Crippen LogP contribution in [0.3, 0.4) is 0 Å². The fraction of sp³-hybridized carbons (Fsp3) is 1.00. The van der Waals surface area contributed by atoms with Gasteiger partial charge in [0.2, 0.25) is 0 Å². The van der Waals surface area contributed by atoms with Crippen LogP contribution in [0.5, 0.6) is 0 Å². The van der Waals surface area contributed by atoms with Crippen LogP contribution in [0.1, 0.15) is 25.7 Å². The standard InChI is InChI=1S/C10H19BrO3/c11-5-3-6-12-8-9-14-10-4-1-2-7-13-10/h10H,1-9H2. The minimum atomic E-state index is 0.0172. The molecule has 4 heteroatoms. The summed E-state index contributed by atoms with van der Waals surface area (Å²) in [6.07, 6.45) is 4.49. The van der Waals surface area contributed by atoms with E-state index in [0.717, 1.165) is 31.4 Å². The predicted octanol–water partition coefficient (Wildman–Crippen LogP) is 2.33. The quantitative estimate of drug-likeness (QED) is 0.523. The lowest BCUT2D eigenvalue weighted by Crippen LogP contribution is -2.24. The van der Waals surface area contributed by atoms with E-state index in [2.05, 4.69) is 15.9 Å². The molecule has 14 heavy (non-hydrogen) atoms. The molecule has 1 heterocycles. The van der Waals surface area contributed by atoms with Gasteiger partial charge in [0.15, 0.2) is 6.29 Å². The predicted molar refractivity (Wildman–Crippen MR) is 58.8 cm³/mol. The second-order valence-corrected chi connectivity index (χ2v) is 4.11. The molecular formula is C10H19BrO3. The Morgan fingerprint density at radius 3 is 2.86 bits per heavy atom. The molecule has 0 spiro atoms. The Kier molecular flexibility index (Phi) is 7.68. The van der Waals surface area contributed by atoms with Gasteiger partial charge in [0.05, 0.1) is 13.2 Å². The number of hydrogen-bond donors (Lipinski definition) is 0. The van der Waals surface area contributed by atoms with E-state index in [9.17, 15) is 0 Å². The van der Waals surface area contributed by atoms with E-state index in [0.29, 0.717) is 13.2 Å². The first-order valence-corrected chi connectivity index (χ1v) is 6.42. The average molecular weight is 267 g/mol. The Morgan fingerprint density at radius 1 is 1.21 bits per heavy atom. The number of ether oxygens (including phenoxy) is 3. The summed E-state index contributed by atoms with van der Waals surface area (Å²) in [5.74, 6) is 0. The lowest BCUT2D eigenvalue weighted by Gasteiger charge is -2.22. The van der Waals surface area contributed by atoms with Crippen molar-refractivity contribution in [3.63, 3.8) is 0 Å². The summed E-state index contributed by atoms with van der Waals surface area (Å²) in [5.41, 5.74) is 0. The largest absolute Gasteiger partial charge is 0.379 e. The minimum Gasteiger partial charge on any atom is -0.379 e. The molecule has 0 N–H and O–H groups in total. The number of rotatable bonds is 7. The second kappa shape index (κ2) is 8.65. The highest BCUT2D eigenvalue weighted by Crippen LogP contribution is 2.13. The summed E-state index contributed by atoms with van der Waals surface area (Å²) in [6, 6.07) is 0. The molecule has 1 fully saturated rings. The molecule has 0 amide bonds. The Hall–Kier alpha value is 0.360. The van der Waals surface area contributed by atoms with Crippen molar-refractivity contribution in [2.24, 2.45) is 0 Å². The van der Waals surface area contributed by atoms with Gasteiger partial charge >= 0.3 is 0 Å². The normalized spacial score (nSPS) is 22.5. The first-order chi connectivity index (χ1) is 6.93. The molecule has 1 rings (SSSR count). The third kappa shape index (κ3) is 5.96. The average Bonchev–Trinajstić information content (AvgIpc) is 2.25. The molecule has 1 saturated heterocycles. The first-order valence-electron chi connectivity index (χ1n) is 5.30. The van der Waals surface area contributed by atoms with Crippen LogP contribution in [-0.4, -0.2) is 38.0 Å². The van der Waals surface area contributed by atoms with E-state index >= 15 is 0 Å². The molecule has 0 bridgehead atoms. The molecule has 0 radical (unpaired) electrons. The van der Waals surface area contributed by atoms with Gasteiger partial charge in [0.1, 0.15) is 0 Å². The van der Waals surface area contributed by atoms with Gasteiger partial charge in [-0.3, -0.25) is 0 Å². The first kappa shape index (κ1) is 12.4.